The van der Waals surface area contributed by atoms with Crippen molar-refractivity contribution in [2.24, 2.45) is 0 Å². The van der Waals surface area contributed by atoms with Crippen molar-refractivity contribution in [1.29, 1.82) is 0 Å². The average Bonchev–Trinajstić information content (AvgIpc) is 2.54. The molecular formula is C17H18N2OS. The Bertz CT molecular complexity index is 670. The summed E-state index contributed by atoms with van der Waals surface area (Å²) in [7, 11) is 0. The van der Waals surface area contributed by atoms with Crippen LogP contribution in [0.4, 0.5) is 5.69 Å². The molecule has 2 aromatic rings. The Hall–Kier alpha value is -1.78. The fourth-order valence-corrected chi connectivity index (χ4v) is 2.99. The molecule has 0 atom stereocenters. The van der Waals surface area contributed by atoms with Gasteiger partial charge in [-0.1, -0.05) is 12.1 Å². The molecule has 0 radical (unpaired) electrons. The van der Waals surface area contributed by atoms with Gasteiger partial charge in [-0.3, -0.25) is 4.79 Å². The van der Waals surface area contributed by atoms with Crippen LogP contribution in [0.3, 0.4) is 0 Å². The first kappa shape index (κ1) is 14.2. The molecule has 0 aliphatic carbocycles. The number of fused-ring (bicyclic) bond motifs is 1. The lowest BCUT2D eigenvalue weighted by Gasteiger charge is -2.17. The van der Waals surface area contributed by atoms with Crippen molar-refractivity contribution >= 4 is 23.4 Å². The van der Waals surface area contributed by atoms with Gasteiger partial charge in [0.25, 0.3) is 5.91 Å². The maximum atomic E-state index is 12.4. The molecule has 3 nitrogen and oxygen atoms in total. The summed E-state index contributed by atoms with van der Waals surface area (Å²) in [4.78, 5) is 13.5. The molecule has 0 saturated carbocycles. The van der Waals surface area contributed by atoms with Gasteiger partial charge in [0.2, 0.25) is 0 Å². The van der Waals surface area contributed by atoms with Gasteiger partial charge in [-0.25, -0.2) is 0 Å². The van der Waals surface area contributed by atoms with E-state index in [0.717, 1.165) is 30.1 Å². The summed E-state index contributed by atoms with van der Waals surface area (Å²) in [6, 6.07) is 13.9. The third kappa shape index (κ3) is 3.28. The van der Waals surface area contributed by atoms with Crippen molar-refractivity contribution in [3.63, 3.8) is 0 Å². The first-order valence-electron chi connectivity index (χ1n) is 7.04. The van der Waals surface area contributed by atoms with Crippen molar-refractivity contribution in [3.05, 3.63) is 59.2 Å². The minimum absolute atomic E-state index is 0.0540. The van der Waals surface area contributed by atoms with Crippen molar-refractivity contribution in [1.82, 2.24) is 5.32 Å². The van der Waals surface area contributed by atoms with Crippen LogP contribution >= 0.6 is 11.8 Å². The first-order valence-corrected chi connectivity index (χ1v) is 8.26. The number of anilines is 1. The second-order valence-electron chi connectivity index (χ2n) is 5.10. The molecule has 0 aromatic heterocycles. The number of carbonyl (C=O) groups is 1. The molecule has 0 bridgehead atoms. The zero-order valence-corrected chi connectivity index (χ0v) is 12.8. The van der Waals surface area contributed by atoms with E-state index in [1.54, 1.807) is 11.8 Å². The Labute approximate surface area is 129 Å². The Kier molecular flexibility index (Phi) is 4.27. The van der Waals surface area contributed by atoms with E-state index >= 15 is 0 Å². The molecule has 2 N–H and O–H groups in total. The van der Waals surface area contributed by atoms with Crippen LogP contribution < -0.4 is 10.6 Å². The maximum absolute atomic E-state index is 12.4. The van der Waals surface area contributed by atoms with Crippen LogP contribution in [0.5, 0.6) is 0 Å². The van der Waals surface area contributed by atoms with Gasteiger partial charge in [0.05, 0.1) is 0 Å². The SMILES string of the molecule is CSc1cccc(NC(=O)c2ccc3c(c2)CNCC3)c1. The number of hydrogen-bond acceptors (Lipinski definition) is 3. The normalized spacial score (nSPS) is 13.6. The second-order valence-corrected chi connectivity index (χ2v) is 5.98. The minimum atomic E-state index is -0.0540. The molecule has 21 heavy (non-hydrogen) atoms. The number of amides is 1. The van der Waals surface area contributed by atoms with E-state index in [9.17, 15) is 4.79 Å². The monoisotopic (exact) mass is 298 g/mol. The molecule has 0 spiro atoms. The molecule has 108 valence electrons. The number of carbonyl (C=O) groups excluding carboxylic acids is 1. The molecule has 0 unspecified atom stereocenters. The summed E-state index contributed by atoms with van der Waals surface area (Å²) in [6.45, 7) is 1.86. The number of nitrogens with one attached hydrogen (secondary N) is 2. The van der Waals surface area contributed by atoms with Crippen LogP contribution in [0.25, 0.3) is 0 Å². The molecule has 1 amide bonds. The van der Waals surface area contributed by atoms with Gasteiger partial charge in [-0.2, -0.15) is 0 Å². The third-order valence-electron chi connectivity index (χ3n) is 3.68. The second kappa shape index (κ2) is 6.33. The van der Waals surface area contributed by atoms with Gasteiger partial charge < -0.3 is 10.6 Å². The van der Waals surface area contributed by atoms with E-state index < -0.39 is 0 Å². The summed E-state index contributed by atoms with van der Waals surface area (Å²) >= 11 is 1.66. The Balaban J connectivity index is 1.78. The highest BCUT2D eigenvalue weighted by atomic mass is 32.2. The third-order valence-corrected chi connectivity index (χ3v) is 4.41. The van der Waals surface area contributed by atoms with E-state index in [1.165, 1.54) is 11.1 Å². The molecule has 1 aliphatic rings. The number of hydrogen-bond donors (Lipinski definition) is 2. The molecule has 1 aliphatic heterocycles. The molecule has 0 fully saturated rings. The lowest BCUT2D eigenvalue weighted by atomic mass is 9.98. The number of rotatable bonds is 3. The largest absolute Gasteiger partial charge is 0.322 e. The number of benzene rings is 2. The summed E-state index contributed by atoms with van der Waals surface area (Å²) in [5, 5.41) is 6.30. The Morgan fingerprint density at radius 1 is 1.19 bits per heavy atom. The summed E-state index contributed by atoms with van der Waals surface area (Å²) in [6.07, 6.45) is 3.06. The van der Waals surface area contributed by atoms with E-state index in [0.29, 0.717) is 5.56 Å². The van der Waals surface area contributed by atoms with Gasteiger partial charge in [0.1, 0.15) is 0 Å². The summed E-state index contributed by atoms with van der Waals surface area (Å²) in [5.41, 5.74) is 4.12. The first-order chi connectivity index (χ1) is 10.3. The van der Waals surface area contributed by atoms with Gasteiger partial charge in [-0.15, -0.1) is 11.8 Å². The van der Waals surface area contributed by atoms with Crippen molar-refractivity contribution < 1.29 is 4.79 Å². The fraction of sp³-hybridized carbons (Fsp3) is 0.235. The van der Waals surface area contributed by atoms with E-state index in [1.807, 2.05) is 42.7 Å². The van der Waals surface area contributed by atoms with Crippen LogP contribution in [0, 0.1) is 0 Å². The van der Waals surface area contributed by atoms with E-state index in [2.05, 4.69) is 16.7 Å². The predicted molar refractivity (Wildman–Crippen MR) is 88.0 cm³/mol. The van der Waals surface area contributed by atoms with Crippen LogP contribution in [0.2, 0.25) is 0 Å². The van der Waals surface area contributed by atoms with Crippen molar-refractivity contribution in [2.75, 3.05) is 18.1 Å². The smallest absolute Gasteiger partial charge is 0.255 e. The molecule has 2 aromatic carbocycles. The van der Waals surface area contributed by atoms with Crippen LogP contribution in [0.1, 0.15) is 21.5 Å². The Morgan fingerprint density at radius 2 is 2.10 bits per heavy atom. The highest BCUT2D eigenvalue weighted by Gasteiger charge is 2.12. The zero-order valence-electron chi connectivity index (χ0n) is 12.0. The van der Waals surface area contributed by atoms with Crippen LogP contribution in [-0.4, -0.2) is 18.7 Å². The van der Waals surface area contributed by atoms with Gasteiger partial charge in [0, 0.05) is 22.7 Å². The molecule has 1 heterocycles. The quantitative estimate of drug-likeness (QED) is 0.854. The molecule has 0 saturated heterocycles. The van der Waals surface area contributed by atoms with E-state index in [-0.39, 0.29) is 5.91 Å². The zero-order chi connectivity index (χ0) is 14.7. The fourth-order valence-electron chi connectivity index (χ4n) is 2.53. The highest BCUT2D eigenvalue weighted by molar-refractivity contribution is 7.98. The predicted octanol–water partition coefficient (Wildman–Crippen LogP) is 3.31. The van der Waals surface area contributed by atoms with Crippen LogP contribution in [-0.2, 0) is 13.0 Å². The topological polar surface area (TPSA) is 41.1 Å². The van der Waals surface area contributed by atoms with Crippen molar-refractivity contribution in [2.45, 2.75) is 17.9 Å². The summed E-state index contributed by atoms with van der Waals surface area (Å²) < 4.78 is 0. The average molecular weight is 298 g/mol. The molecule has 4 heteroatoms. The summed E-state index contributed by atoms with van der Waals surface area (Å²) in [5.74, 6) is -0.0540. The standard InChI is InChI=1S/C17H18N2OS/c1-21-16-4-2-3-15(10-16)19-17(20)13-6-5-12-7-8-18-11-14(12)9-13/h2-6,9-10,18H,7-8,11H2,1H3,(H,19,20). The van der Waals surface area contributed by atoms with Crippen molar-refractivity contribution in [3.8, 4) is 0 Å². The van der Waals surface area contributed by atoms with Gasteiger partial charge in [0.15, 0.2) is 0 Å². The van der Waals surface area contributed by atoms with E-state index in [4.69, 9.17) is 0 Å². The lowest BCUT2D eigenvalue weighted by Crippen LogP contribution is -2.24. The minimum Gasteiger partial charge on any atom is -0.322 e. The lowest BCUT2D eigenvalue weighted by molar-refractivity contribution is 0.102. The number of thioether (sulfide) groups is 1. The highest BCUT2D eigenvalue weighted by Crippen LogP contribution is 2.20. The van der Waals surface area contributed by atoms with Gasteiger partial charge >= 0.3 is 0 Å². The molecular weight excluding hydrogens is 280 g/mol. The maximum Gasteiger partial charge on any atom is 0.255 e. The van der Waals surface area contributed by atoms with Crippen LogP contribution in [0.15, 0.2) is 47.4 Å². The Morgan fingerprint density at radius 3 is 2.95 bits per heavy atom. The van der Waals surface area contributed by atoms with Gasteiger partial charge in [-0.05, 0) is 60.7 Å². The molecule has 3 rings (SSSR count).